The lowest BCUT2D eigenvalue weighted by molar-refractivity contribution is -0.142. The minimum Gasteiger partial charge on any atom is -0.508 e. The summed E-state index contributed by atoms with van der Waals surface area (Å²) >= 11 is 0. The monoisotopic (exact) mass is 1390 g/mol. The molecule has 0 aliphatic carbocycles. The van der Waals surface area contributed by atoms with E-state index in [1.54, 1.807) is 42.6 Å². The van der Waals surface area contributed by atoms with E-state index in [0.29, 0.717) is 39.6 Å². The molecular weight excluding hydrogens is 1300 g/mol. The predicted molar refractivity (Wildman–Crippen MR) is 364 cm³/mol. The number of fused-ring (bicyclic) bond motifs is 1. The molecule has 35 heteroatoms. The first-order valence-electron chi connectivity index (χ1n) is 32.0. The van der Waals surface area contributed by atoms with Crippen molar-refractivity contribution in [1.82, 2.24) is 52.8 Å². The lowest BCUT2D eigenvalue weighted by Crippen LogP contribution is -2.62. The van der Waals surface area contributed by atoms with Crippen LogP contribution in [0.2, 0.25) is 0 Å². The highest BCUT2D eigenvalue weighted by Crippen LogP contribution is 2.21. The maximum Gasteiger partial charge on any atom is 0.326 e. The Morgan fingerprint density at radius 1 is 0.400 bits per heavy atom. The summed E-state index contributed by atoms with van der Waals surface area (Å²) in [5.41, 5.74) is 36.5. The number of aliphatic carboxylic acids is 1. The predicted octanol–water partition coefficient (Wildman–Crippen LogP) is -5.46. The van der Waals surface area contributed by atoms with Crippen molar-refractivity contribution in [2.75, 3.05) is 39.5 Å². The number of carbonyl (C=O) groups is 10. The van der Waals surface area contributed by atoms with Crippen LogP contribution >= 0.6 is 0 Å². The zero-order valence-electron chi connectivity index (χ0n) is 54.7. The molecule has 29 N–H and O–H groups in total. The number of aliphatic hydroxyl groups is 3. The average molecular weight is 1400 g/mol. The van der Waals surface area contributed by atoms with E-state index in [2.05, 4.69) is 62.8 Å². The van der Waals surface area contributed by atoms with E-state index in [4.69, 9.17) is 34.4 Å². The lowest BCUT2D eigenvalue weighted by atomic mass is 10.0. The third-order valence-electron chi connectivity index (χ3n) is 15.6. The number of carboxylic acids is 1. The Morgan fingerprint density at radius 2 is 0.730 bits per heavy atom. The van der Waals surface area contributed by atoms with Crippen LogP contribution in [0, 0.1) is 0 Å². The van der Waals surface area contributed by atoms with Crippen LogP contribution in [0.15, 0.2) is 113 Å². The van der Waals surface area contributed by atoms with Gasteiger partial charge in [-0.05, 0) is 123 Å². The number of hydrogen-bond donors (Lipinski definition) is 23. The second-order valence-corrected chi connectivity index (χ2v) is 23.4. The van der Waals surface area contributed by atoms with Gasteiger partial charge in [0.2, 0.25) is 53.2 Å². The number of amides is 9. The zero-order valence-corrected chi connectivity index (χ0v) is 54.7. The molecule has 10 atom stereocenters. The molecule has 0 saturated heterocycles. The molecule has 0 fully saturated rings. The van der Waals surface area contributed by atoms with Crippen molar-refractivity contribution in [3.63, 3.8) is 0 Å². The number of aliphatic imine (C=N–C) groups is 2. The Bertz CT molecular complexity index is 3610. The number of rotatable bonds is 42. The zero-order chi connectivity index (χ0) is 73.4. The number of carboxylic acid groups (broad SMARTS) is 1. The fraction of sp³-hybridized carbons (Fsp3) is 0.415. The molecule has 0 spiro atoms. The molecular formula is C65H90N18O17. The summed E-state index contributed by atoms with van der Waals surface area (Å²) in [6.45, 7) is -3.22. The number of guanidine groups is 2. The SMILES string of the molecule is NCCCCC(NC(=O)C(CCCN=C(N)N)NC(=O)C(CO)NC(=O)C(CCCN=C(N)N)NC(=O)C(N)Cc1ccc(O)cc1)C(=O)NC(Cc1ccc(O)cc1)C(=O)NC(CO)C(=O)NC(CO)C(=O)NC(Cc1c[nH]c2ccccc12)C(=O)NC(Cc1ccc(O)cc1)C(=O)O. The quantitative estimate of drug-likeness (QED) is 0.00985. The number of nitrogens with two attached hydrogens (primary N) is 6. The molecule has 4 aromatic carbocycles. The summed E-state index contributed by atoms with van der Waals surface area (Å²) in [5, 5.41) is 94.0. The molecule has 0 bridgehead atoms. The number of aliphatic hydroxyl groups excluding tert-OH is 3. The molecule has 5 aromatic rings. The molecule has 35 nitrogen and oxygen atoms in total. The van der Waals surface area contributed by atoms with Gasteiger partial charge in [0, 0.05) is 49.5 Å². The van der Waals surface area contributed by atoms with Gasteiger partial charge in [-0.25, -0.2) is 4.79 Å². The van der Waals surface area contributed by atoms with Gasteiger partial charge >= 0.3 is 5.97 Å². The first-order valence-corrected chi connectivity index (χ1v) is 32.0. The van der Waals surface area contributed by atoms with Gasteiger partial charge < -0.3 is 123 Å². The highest BCUT2D eigenvalue weighted by molar-refractivity contribution is 5.99. The van der Waals surface area contributed by atoms with Gasteiger partial charge in [-0.15, -0.1) is 0 Å². The second-order valence-electron chi connectivity index (χ2n) is 23.4. The van der Waals surface area contributed by atoms with E-state index < -0.39 is 139 Å². The Labute approximate surface area is 574 Å². The number of benzene rings is 4. The Balaban J connectivity index is 1.35. The van der Waals surface area contributed by atoms with Crippen LogP contribution in [0.1, 0.15) is 67.2 Å². The highest BCUT2D eigenvalue weighted by Gasteiger charge is 2.36. The number of carbonyl (C=O) groups excluding carboxylic acids is 9. The summed E-state index contributed by atoms with van der Waals surface area (Å²) in [7, 11) is 0. The molecule has 542 valence electrons. The van der Waals surface area contributed by atoms with Crippen molar-refractivity contribution in [1.29, 1.82) is 0 Å². The highest BCUT2D eigenvalue weighted by atomic mass is 16.4. The van der Waals surface area contributed by atoms with Crippen LogP contribution in [0.4, 0.5) is 0 Å². The van der Waals surface area contributed by atoms with Crippen LogP contribution in [0.25, 0.3) is 10.9 Å². The molecule has 100 heavy (non-hydrogen) atoms. The fourth-order valence-electron chi connectivity index (χ4n) is 10.2. The number of phenols is 3. The van der Waals surface area contributed by atoms with E-state index in [9.17, 15) is 83.7 Å². The summed E-state index contributed by atoms with van der Waals surface area (Å²) in [5.74, 6) is -11.6. The maximum atomic E-state index is 14.6. The van der Waals surface area contributed by atoms with E-state index in [0.717, 1.165) is 0 Å². The molecule has 0 aliphatic rings. The average Bonchev–Trinajstić information content (AvgIpc) is 1.65. The maximum absolute atomic E-state index is 14.6. The Hall–Kier alpha value is -11.1. The minimum atomic E-state index is -1.92. The molecule has 5 rings (SSSR count). The van der Waals surface area contributed by atoms with E-state index in [1.807, 2.05) is 0 Å². The molecule has 1 heterocycles. The van der Waals surface area contributed by atoms with Crippen molar-refractivity contribution in [3.8, 4) is 17.2 Å². The van der Waals surface area contributed by atoms with Gasteiger partial charge in [-0.1, -0.05) is 54.6 Å². The molecule has 1 aromatic heterocycles. The van der Waals surface area contributed by atoms with E-state index in [-0.39, 0.29) is 113 Å². The van der Waals surface area contributed by atoms with Gasteiger partial charge in [0.15, 0.2) is 11.9 Å². The Kier molecular flexibility index (Phi) is 32.3. The van der Waals surface area contributed by atoms with Crippen molar-refractivity contribution < 1.29 is 83.7 Å². The van der Waals surface area contributed by atoms with Crippen molar-refractivity contribution in [3.05, 3.63) is 126 Å². The number of aromatic nitrogens is 1. The number of hydrogen-bond acceptors (Lipinski definition) is 20. The standard InChI is InChI=1S/C65H90N18O17/c66-24-4-3-9-45(76-55(91)47(11-6-26-73-65(70)71)77-60(96)51(32-84)81-57(93)46(10-5-25-72-64(68)69)75-54(90)43(67)27-35-12-18-39(87)19-13-35)56(92)78-48(28-36-14-20-40(88)21-15-36)58(94)82-53(34-86)62(98)83-52(33-85)61(97)79-49(30-38-31-74-44-8-2-1-7-42(38)44)59(95)80-50(63(99)100)29-37-16-22-41(89)23-17-37/h1-2,7-8,12-23,31,43,45-53,74,84-89H,3-6,9-11,24-30,32-34,66-67H2,(H,75,90)(H,76,91)(H,77,96)(H,78,92)(H,79,97)(H,80,95)(H,81,93)(H,82,94)(H,83,98)(H,99,100)(H4,68,69,72)(H4,70,71,73). The molecule has 0 aliphatic heterocycles. The van der Waals surface area contributed by atoms with Gasteiger partial charge in [-0.3, -0.25) is 53.1 Å². The van der Waals surface area contributed by atoms with Crippen LogP contribution in [0.5, 0.6) is 17.2 Å². The van der Waals surface area contributed by atoms with Crippen LogP contribution in [-0.4, -0.2) is 212 Å². The number of aromatic hydroxyl groups is 3. The third-order valence-corrected chi connectivity index (χ3v) is 15.6. The number of unbranched alkanes of at least 4 members (excludes halogenated alkanes) is 1. The molecule has 0 radical (unpaired) electrons. The fourth-order valence-corrected chi connectivity index (χ4v) is 10.2. The smallest absolute Gasteiger partial charge is 0.326 e. The van der Waals surface area contributed by atoms with Gasteiger partial charge in [0.05, 0.1) is 25.9 Å². The number of para-hydroxylation sites is 1. The van der Waals surface area contributed by atoms with Gasteiger partial charge in [0.1, 0.15) is 71.6 Å². The molecule has 10 unspecified atom stereocenters. The topological polar surface area (TPSA) is 617 Å². The van der Waals surface area contributed by atoms with E-state index >= 15 is 0 Å². The number of aromatic amines is 1. The molecule has 9 amide bonds. The third kappa shape index (κ3) is 26.4. The van der Waals surface area contributed by atoms with Crippen molar-refractivity contribution >= 4 is 82.0 Å². The first kappa shape index (κ1) is 79.5. The van der Waals surface area contributed by atoms with Crippen LogP contribution < -0.4 is 82.3 Å². The number of nitrogens with one attached hydrogen (secondary N) is 10. The normalized spacial score (nSPS) is 14.1. The number of phenolic OH excluding ortho intramolecular Hbond substituents is 3. The Morgan fingerprint density at radius 3 is 1.13 bits per heavy atom. The largest absolute Gasteiger partial charge is 0.508 e. The van der Waals surface area contributed by atoms with Crippen LogP contribution in [-0.2, 0) is 73.6 Å². The van der Waals surface area contributed by atoms with E-state index in [1.165, 1.54) is 60.7 Å². The summed E-state index contributed by atoms with van der Waals surface area (Å²) in [6, 6.07) is 7.78. The van der Waals surface area contributed by atoms with Gasteiger partial charge in [-0.2, -0.15) is 0 Å². The van der Waals surface area contributed by atoms with Crippen molar-refractivity contribution in [2.24, 2.45) is 44.4 Å². The van der Waals surface area contributed by atoms with Crippen molar-refractivity contribution in [2.45, 2.75) is 131 Å². The number of H-pyrrole nitrogens is 1. The summed E-state index contributed by atoms with van der Waals surface area (Å²) < 4.78 is 0. The second kappa shape index (κ2) is 40.5. The summed E-state index contributed by atoms with van der Waals surface area (Å²) in [6.07, 6.45) is 0.899. The molecule has 0 saturated carbocycles. The number of nitrogens with zero attached hydrogens (tertiary/aromatic N) is 2. The van der Waals surface area contributed by atoms with Crippen LogP contribution in [0.3, 0.4) is 0 Å². The first-order chi connectivity index (χ1) is 47.7. The van der Waals surface area contributed by atoms with Gasteiger partial charge in [0.25, 0.3) is 0 Å². The minimum absolute atomic E-state index is 0.00569. The lowest BCUT2D eigenvalue weighted by Gasteiger charge is -2.28. The summed E-state index contributed by atoms with van der Waals surface area (Å²) in [4.78, 5) is 150.